The molecule has 1 aliphatic carbocycles. The first-order valence-corrected chi connectivity index (χ1v) is 7.01. The summed E-state index contributed by atoms with van der Waals surface area (Å²) in [6, 6.07) is 8.52. The molecular formula is C14H19BrN2. The maximum Gasteiger partial charge on any atom is 0.0670 e. The summed E-state index contributed by atoms with van der Waals surface area (Å²) in [7, 11) is 0. The monoisotopic (exact) mass is 294 g/mol. The predicted molar refractivity (Wildman–Crippen MR) is 75.4 cm³/mol. The van der Waals surface area contributed by atoms with E-state index in [1.54, 1.807) is 0 Å². The van der Waals surface area contributed by atoms with Gasteiger partial charge in [-0.05, 0) is 43.4 Å². The molecule has 1 aliphatic rings. The fourth-order valence-corrected chi connectivity index (χ4v) is 2.82. The normalized spacial score (nSPS) is 18.4. The Morgan fingerprint density at radius 1 is 1.24 bits per heavy atom. The minimum atomic E-state index is 0.158. The second-order valence-electron chi connectivity index (χ2n) is 4.53. The van der Waals surface area contributed by atoms with Crippen LogP contribution in [0.25, 0.3) is 0 Å². The van der Waals surface area contributed by atoms with Crippen LogP contribution >= 0.6 is 15.9 Å². The highest BCUT2D eigenvalue weighted by molar-refractivity contribution is 9.10. The van der Waals surface area contributed by atoms with E-state index in [-0.39, 0.29) is 6.04 Å². The van der Waals surface area contributed by atoms with E-state index in [1.165, 1.54) is 36.8 Å². The molecule has 0 saturated carbocycles. The van der Waals surface area contributed by atoms with Gasteiger partial charge in [-0.2, -0.15) is 0 Å². The number of benzene rings is 1. The van der Waals surface area contributed by atoms with Crippen LogP contribution in [0.1, 0.15) is 43.7 Å². The maximum absolute atomic E-state index is 5.73. The number of hydrogen-bond acceptors (Lipinski definition) is 2. The zero-order chi connectivity index (χ0) is 12.1. The highest BCUT2D eigenvalue weighted by Crippen LogP contribution is 2.29. The van der Waals surface area contributed by atoms with Crippen LogP contribution in [0.4, 0.5) is 0 Å². The molecule has 0 spiro atoms. The van der Waals surface area contributed by atoms with Gasteiger partial charge in [-0.3, -0.25) is 5.84 Å². The van der Waals surface area contributed by atoms with Crippen molar-refractivity contribution in [2.75, 3.05) is 0 Å². The van der Waals surface area contributed by atoms with Gasteiger partial charge in [0.25, 0.3) is 0 Å². The van der Waals surface area contributed by atoms with Gasteiger partial charge in [0.2, 0.25) is 0 Å². The molecule has 0 fully saturated rings. The third kappa shape index (κ3) is 3.41. The molecule has 0 bridgehead atoms. The second kappa shape index (κ2) is 6.34. The van der Waals surface area contributed by atoms with E-state index in [2.05, 4.69) is 45.6 Å². The number of halogens is 1. The standard InChI is InChI=1S/C14H19BrN2/c15-13-9-5-8-12(10-13)14(17-16)11-6-3-1-2-4-7-11/h5-6,8-10,14,17H,1-4,7,16H2. The summed E-state index contributed by atoms with van der Waals surface area (Å²) < 4.78 is 1.10. The number of nitrogens with one attached hydrogen (secondary N) is 1. The van der Waals surface area contributed by atoms with Crippen molar-refractivity contribution in [3.8, 4) is 0 Å². The molecule has 0 radical (unpaired) electrons. The Kier molecular flexibility index (Phi) is 4.77. The van der Waals surface area contributed by atoms with Crippen LogP contribution in [0.5, 0.6) is 0 Å². The molecule has 2 rings (SSSR count). The van der Waals surface area contributed by atoms with Crippen LogP contribution in [0, 0.1) is 0 Å². The number of hydrogen-bond donors (Lipinski definition) is 2. The molecule has 17 heavy (non-hydrogen) atoms. The lowest BCUT2D eigenvalue weighted by atomic mass is 9.96. The summed E-state index contributed by atoms with van der Waals surface area (Å²) in [6.45, 7) is 0. The zero-order valence-electron chi connectivity index (χ0n) is 9.95. The lowest BCUT2D eigenvalue weighted by Crippen LogP contribution is -2.29. The highest BCUT2D eigenvalue weighted by atomic mass is 79.9. The van der Waals surface area contributed by atoms with Crippen LogP contribution in [-0.2, 0) is 0 Å². The van der Waals surface area contributed by atoms with E-state index in [9.17, 15) is 0 Å². The SMILES string of the molecule is NNC(C1=CCCCCC1)c1cccc(Br)c1. The third-order valence-electron chi connectivity index (χ3n) is 3.30. The number of hydrazine groups is 1. The summed E-state index contributed by atoms with van der Waals surface area (Å²) in [4.78, 5) is 0. The summed E-state index contributed by atoms with van der Waals surface area (Å²) in [6.07, 6.45) is 8.61. The Labute approximate surface area is 111 Å². The van der Waals surface area contributed by atoms with Crippen molar-refractivity contribution >= 4 is 15.9 Å². The Morgan fingerprint density at radius 3 is 2.88 bits per heavy atom. The van der Waals surface area contributed by atoms with Crippen molar-refractivity contribution in [2.24, 2.45) is 5.84 Å². The molecule has 0 aliphatic heterocycles. The molecule has 0 aromatic heterocycles. The first-order valence-electron chi connectivity index (χ1n) is 6.22. The van der Waals surface area contributed by atoms with Crippen LogP contribution in [-0.4, -0.2) is 0 Å². The Morgan fingerprint density at radius 2 is 2.12 bits per heavy atom. The number of nitrogens with two attached hydrogens (primary N) is 1. The minimum absolute atomic E-state index is 0.158. The third-order valence-corrected chi connectivity index (χ3v) is 3.79. The molecule has 1 aromatic carbocycles. The lowest BCUT2D eigenvalue weighted by Gasteiger charge is -2.20. The van der Waals surface area contributed by atoms with Gasteiger partial charge in [-0.15, -0.1) is 0 Å². The predicted octanol–water partition coefficient (Wildman–Crippen LogP) is 3.84. The van der Waals surface area contributed by atoms with Gasteiger partial charge in [0.1, 0.15) is 0 Å². The van der Waals surface area contributed by atoms with Crippen molar-refractivity contribution in [1.82, 2.24) is 5.43 Å². The van der Waals surface area contributed by atoms with Crippen LogP contribution in [0.2, 0.25) is 0 Å². The van der Waals surface area contributed by atoms with Crippen LogP contribution in [0.3, 0.4) is 0 Å². The first-order chi connectivity index (χ1) is 8.31. The highest BCUT2D eigenvalue weighted by Gasteiger charge is 2.16. The quantitative estimate of drug-likeness (QED) is 0.505. The summed E-state index contributed by atoms with van der Waals surface area (Å²) in [5.74, 6) is 5.73. The fraction of sp³-hybridized carbons (Fsp3) is 0.429. The van der Waals surface area contributed by atoms with Gasteiger partial charge in [0.15, 0.2) is 0 Å². The Balaban J connectivity index is 2.23. The summed E-state index contributed by atoms with van der Waals surface area (Å²) >= 11 is 3.51. The minimum Gasteiger partial charge on any atom is -0.271 e. The van der Waals surface area contributed by atoms with E-state index >= 15 is 0 Å². The second-order valence-corrected chi connectivity index (χ2v) is 5.45. The molecule has 3 N–H and O–H groups in total. The maximum atomic E-state index is 5.73. The Hall–Kier alpha value is -0.640. The van der Waals surface area contributed by atoms with Gasteiger partial charge in [-0.1, -0.05) is 46.1 Å². The van der Waals surface area contributed by atoms with E-state index in [0.717, 1.165) is 10.9 Å². The fourth-order valence-electron chi connectivity index (χ4n) is 2.41. The van der Waals surface area contributed by atoms with Gasteiger partial charge in [0.05, 0.1) is 6.04 Å². The molecule has 0 amide bonds. The average Bonchev–Trinajstić information content (AvgIpc) is 2.59. The lowest BCUT2D eigenvalue weighted by molar-refractivity contribution is 0.592. The molecule has 1 aromatic rings. The van der Waals surface area contributed by atoms with Gasteiger partial charge in [-0.25, -0.2) is 5.43 Å². The zero-order valence-corrected chi connectivity index (χ0v) is 11.5. The van der Waals surface area contributed by atoms with Crippen LogP contribution < -0.4 is 11.3 Å². The summed E-state index contributed by atoms with van der Waals surface area (Å²) in [5.41, 5.74) is 5.62. The van der Waals surface area contributed by atoms with Gasteiger partial charge >= 0.3 is 0 Å². The number of allylic oxidation sites excluding steroid dienone is 1. The summed E-state index contributed by atoms with van der Waals surface area (Å²) in [5, 5.41) is 0. The smallest absolute Gasteiger partial charge is 0.0670 e. The van der Waals surface area contributed by atoms with E-state index in [0.29, 0.717) is 0 Å². The van der Waals surface area contributed by atoms with Gasteiger partial charge in [0, 0.05) is 4.47 Å². The van der Waals surface area contributed by atoms with Crippen molar-refractivity contribution in [3.05, 3.63) is 46.0 Å². The number of rotatable bonds is 3. The molecular weight excluding hydrogens is 276 g/mol. The molecule has 0 heterocycles. The average molecular weight is 295 g/mol. The van der Waals surface area contributed by atoms with Crippen molar-refractivity contribution in [2.45, 2.75) is 38.1 Å². The molecule has 92 valence electrons. The van der Waals surface area contributed by atoms with Crippen LogP contribution in [0.15, 0.2) is 40.4 Å². The largest absolute Gasteiger partial charge is 0.271 e. The molecule has 3 heteroatoms. The molecule has 1 atom stereocenters. The van der Waals surface area contributed by atoms with E-state index < -0.39 is 0 Å². The van der Waals surface area contributed by atoms with Crippen molar-refractivity contribution in [1.29, 1.82) is 0 Å². The topological polar surface area (TPSA) is 38.0 Å². The van der Waals surface area contributed by atoms with E-state index in [4.69, 9.17) is 5.84 Å². The molecule has 0 saturated heterocycles. The van der Waals surface area contributed by atoms with E-state index in [1.807, 2.05) is 6.07 Å². The molecule has 1 unspecified atom stereocenters. The van der Waals surface area contributed by atoms with Crippen molar-refractivity contribution in [3.63, 3.8) is 0 Å². The van der Waals surface area contributed by atoms with Crippen molar-refractivity contribution < 1.29 is 0 Å². The first kappa shape index (κ1) is 12.8. The Bertz CT molecular complexity index is 401. The van der Waals surface area contributed by atoms with Gasteiger partial charge < -0.3 is 0 Å². The molecule has 2 nitrogen and oxygen atoms in total.